The molecule has 5 rings (SSSR count). The van der Waals surface area contributed by atoms with E-state index in [0.29, 0.717) is 27.5 Å². The van der Waals surface area contributed by atoms with Gasteiger partial charge >= 0.3 is 0 Å². The Kier molecular flexibility index (Phi) is 7.11. The third-order valence-corrected chi connectivity index (χ3v) is 6.30. The van der Waals surface area contributed by atoms with E-state index < -0.39 is 18.0 Å². The smallest absolute Gasteiger partial charge is 0.280 e. The number of amides is 1. The number of H-pyrrole nitrogens is 1. The molecule has 2 N–H and O–H groups in total. The monoisotopic (exact) mass is 546 g/mol. The predicted molar refractivity (Wildman–Crippen MR) is 141 cm³/mol. The molecule has 0 radical (unpaired) electrons. The quantitative estimate of drug-likeness (QED) is 0.298. The van der Waals surface area contributed by atoms with E-state index in [1.165, 1.54) is 19.4 Å². The Morgan fingerprint density at radius 3 is 2.69 bits per heavy atom. The van der Waals surface area contributed by atoms with Gasteiger partial charge in [-0.05, 0) is 54.7 Å². The summed E-state index contributed by atoms with van der Waals surface area (Å²) in [6.07, 6.45) is 0.181. The number of hydrogen-bond acceptors (Lipinski definition) is 8. The summed E-state index contributed by atoms with van der Waals surface area (Å²) >= 11 is 1.09. The summed E-state index contributed by atoms with van der Waals surface area (Å²) in [5.41, 5.74) is 3.16. The first kappa shape index (κ1) is 25.7. The van der Waals surface area contributed by atoms with Crippen LogP contribution in [0.2, 0.25) is 0 Å². The van der Waals surface area contributed by atoms with Gasteiger partial charge < -0.3 is 4.74 Å². The van der Waals surface area contributed by atoms with Crippen LogP contribution >= 0.6 is 11.3 Å². The average molecular weight is 547 g/mol. The molecular formula is C26H20F2N8O2S. The van der Waals surface area contributed by atoms with Gasteiger partial charge in [0.1, 0.15) is 17.1 Å². The number of halogens is 2. The molecule has 4 aromatic heterocycles. The molecule has 0 unspecified atom stereocenters. The molecule has 0 saturated carbocycles. The van der Waals surface area contributed by atoms with Gasteiger partial charge in [0.25, 0.3) is 12.3 Å². The molecule has 13 heteroatoms. The van der Waals surface area contributed by atoms with Gasteiger partial charge in [0, 0.05) is 35.6 Å². The Balaban J connectivity index is 1.51. The molecule has 0 aliphatic rings. The molecule has 0 fully saturated rings. The highest BCUT2D eigenvalue weighted by Crippen LogP contribution is 2.37. The second-order valence-electron chi connectivity index (χ2n) is 8.30. The fraction of sp³-hybridized carbons (Fsp3) is 0.154. The Bertz CT molecular complexity index is 1730. The van der Waals surface area contributed by atoms with Crippen LogP contribution in [0.25, 0.3) is 22.4 Å². The van der Waals surface area contributed by atoms with E-state index >= 15 is 0 Å². The number of carbonyl (C=O) groups is 1. The molecule has 0 saturated heterocycles. The fourth-order valence-electron chi connectivity index (χ4n) is 3.73. The lowest BCUT2D eigenvalue weighted by atomic mass is 9.95. The second-order valence-corrected chi connectivity index (χ2v) is 9.28. The van der Waals surface area contributed by atoms with E-state index in [4.69, 9.17) is 4.74 Å². The van der Waals surface area contributed by atoms with Crippen LogP contribution in [0.1, 0.15) is 38.9 Å². The summed E-state index contributed by atoms with van der Waals surface area (Å²) in [5.74, 6) is 5.45. The molecule has 1 aromatic carbocycles. The van der Waals surface area contributed by atoms with Crippen molar-refractivity contribution in [2.24, 2.45) is 7.05 Å². The number of methoxy groups -OCH3 is 1. The number of carbonyl (C=O) groups excluding carboxylic acids is 1. The number of benzene rings is 1. The van der Waals surface area contributed by atoms with Gasteiger partial charge in [0.05, 0.1) is 19.0 Å². The molecule has 10 nitrogen and oxygen atoms in total. The zero-order valence-corrected chi connectivity index (χ0v) is 21.7. The maximum absolute atomic E-state index is 13.5. The van der Waals surface area contributed by atoms with Crippen molar-refractivity contribution in [3.8, 4) is 40.0 Å². The van der Waals surface area contributed by atoms with E-state index in [0.717, 1.165) is 17.0 Å². The van der Waals surface area contributed by atoms with Gasteiger partial charge in [-0.3, -0.25) is 24.9 Å². The van der Waals surface area contributed by atoms with Crippen molar-refractivity contribution in [2.75, 3.05) is 12.4 Å². The summed E-state index contributed by atoms with van der Waals surface area (Å²) in [6.45, 7) is 1.86. The Hall–Kier alpha value is -4.96. The number of anilines is 1. The minimum Gasteiger partial charge on any atom is -0.494 e. The van der Waals surface area contributed by atoms with Crippen LogP contribution < -0.4 is 10.1 Å². The Morgan fingerprint density at radius 2 is 2.00 bits per heavy atom. The number of nitrogens with zero attached hydrogens (tertiary/aromatic N) is 6. The second kappa shape index (κ2) is 10.8. The highest BCUT2D eigenvalue weighted by molar-refractivity contribution is 7.15. The molecule has 0 atom stereocenters. The highest BCUT2D eigenvalue weighted by atomic mass is 32.1. The van der Waals surface area contributed by atoms with Crippen LogP contribution in [0.15, 0.2) is 48.8 Å². The van der Waals surface area contributed by atoms with Crippen LogP contribution in [-0.4, -0.2) is 48.2 Å². The number of alkyl halides is 2. The molecule has 0 aliphatic carbocycles. The van der Waals surface area contributed by atoms with Crippen LogP contribution in [0.4, 0.5) is 13.9 Å². The van der Waals surface area contributed by atoms with Gasteiger partial charge in [-0.15, -0.1) is 10.2 Å². The molecule has 39 heavy (non-hydrogen) atoms. The molecule has 0 bridgehead atoms. The zero-order chi connectivity index (χ0) is 27.5. The zero-order valence-electron chi connectivity index (χ0n) is 20.9. The first-order chi connectivity index (χ1) is 18.8. The summed E-state index contributed by atoms with van der Waals surface area (Å²) in [5, 5.41) is 22.6. The molecule has 0 aliphatic heterocycles. The number of ether oxygens (including phenoxy) is 1. The van der Waals surface area contributed by atoms with Crippen molar-refractivity contribution in [1.82, 2.24) is 35.2 Å². The summed E-state index contributed by atoms with van der Waals surface area (Å²) in [4.78, 5) is 17.2. The third kappa shape index (κ3) is 5.65. The summed E-state index contributed by atoms with van der Waals surface area (Å²) < 4.78 is 34.1. The van der Waals surface area contributed by atoms with Gasteiger partial charge in [-0.2, -0.15) is 10.2 Å². The molecule has 4 heterocycles. The summed E-state index contributed by atoms with van der Waals surface area (Å²) in [6, 6.07) is 9.84. The van der Waals surface area contributed by atoms with Crippen LogP contribution in [0, 0.1) is 18.8 Å². The number of rotatable bonds is 6. The van der Waals surface area contributed by atoms with Crippen LogP contribution in [0.5, 0.6) is 5.75 Å². The molecule has 0 spiro atoms. The van der Waals surface area contributed by atoms with Gasteiger partial charge in [-0.1, -0.05) is 17.4 Å². The van der Waals surface area contributed by atoms with E-state index in [2.05, 4.69) is 47.6 Å². The fourth-order valence-corrected chi connectivity index (χ4v) is 4.33. The summed E-state index contributed by atoms with van der Waals surface area (Å²) in [7, 11) is 3.18. The van der Waals surface area contributed by atoms with Crippen LogP contribution in [0.3, 0.4) is 0 Å². The van der Waals surface area contributed by atoms with Crippen molar-refractivity contribution in [2.45, 2.75) is 13.3 Å². The Labute approximate surface area is 225 Å². The molecule has 196 valence electrons. The number of aryl methyl sites for hydroxylation is 2. The topological polar surface area (TPSA) is 123 Å². The average Bonchev–Trinajstić information content (AvgIpc) is 3.68. The lowest BCUT2D eigenvalue weighted by Gasteiger charge is -2.15. The van der Waals surface area contributed by atoms with Gasteiger partial charge in [0.15, 0.2) is 5.01 Å². The Morgan fingerprint density at radius 1 is 1.15 bits per heavy atom. The molecular weight excluding hydrogens is 526 g/mol. The lowest BCUT2D eigenvalue weighted by molar-refractivity contribution is 0.102. The number of nitrogens with one attached hydrogen (secondary N) is 2. The normalized spacial score (nSPS) is 10.8. The van der Waals surface area contributed by atoms with Crippen molar-refractivity contribution >= 4 is 22.4 Å². The minimum absolute atomic E-state index is 0.203. The number of aromatic nitrogens is 7. The van der Waals surface area contributed by atoms with E-state index in [-0.39, 0.29) is 22.0 Å². The van der Waals surface area contributed by atoms with Crippen molar-refractivity contribution in [3.05, 3.63) is 76.4 Å². The standard InChI is InChI=1S/C26H20F2N8O2S/c1-14-10-16(32-31-14)5-7-23-33-34-26(39-23)30-25(37)17-6-4-15(20-8-9-36(2)35-20)11-18(17)19-12-21(24(27)28)29-13-22(19)38-3/h4,6,8-13,24H,1-3H3,(H,31,32)(H,30,34,37). The van der Waals surface area contributed by atoms with E-state index in [1.807, 2.05) is 6.92 Å². The number of pyridine rings is 1. The van der Waals surface area contributed by atoms with Crippen molar-refractivity contribution in [3.63, 3.8) is 0 Å². The van der Waals surface area contributed by atoms with Gasteiger partial charge in [0.2, 0.25) is 5.13 Å². The van der Waals surface area contributed by atoms with Crippen LogP contribution in [-0.2, 0) is 7.05 Å². The largest absolute Gasteiger partial charge is 0.494 e. The van der Waals surface area contributed by atoms with Crippen molar-refractivity contribution in [1.29, 1.82) is 0 Å². The van der Waals surface area contributed by atoms with Gasteiger partial charge in [-0.25, -0.2) is 8.78 Å². The molecule has 1 amide bonds. The number of aromatic amines is 1. The maximum atomic E-state index is 13.5. The molecule has 5 aromatic rings. The maximum Gasteiger partial charge on any atom is 0.280 e. The van der Waals surface area contributed by atoms with E-state index in [9.17, 15) is 13.6 Å². The first-order valence-electron chi connectivity index (χ1n) is 11.5. The minimum atomic E-state index is -2.81. The number of hydrogen-bond donors (Lipinski definition) is 2. The lowest BCUT2D eigenvalue weighted by Crippen LogP contribution is -2.13. The SMILES string of the molecule is COc1cnc(C(F)F)cc1-c1cc(-c2ccn(C)n2)ccc1C(=O)Nc1nnc(C#Cc2cc(C)[nH]n2)s1. The third-order valence-electron chi connectivity index (χ3n) is 5.54. The van der Waals surface area contributed by atoms with E-state index in [1.54, 1.807) is 48.3 Å². The predicted octanol–water partition coefficient (Wildman–Crippen LogP) is 4.63. The van der Waals surface area contributed by atoms with Crippen molar-refractivity contribution < 1.29 is 18.3 Å². The highest BCUT2D eigenvalue weighted by Gasteiger charge is 2.21. The first-order valence-corrected chi connectivity index (χ1v) is 12.3.